The maximum atomic E-state index is 6.00. The molecular formula is C13H15ClN2S. The Morgan fingerprint density at radius 2 is 2.12 bits per heavy atom. The van der Waals surface area contributed by atoms with Crippen molar-refractivity contribution in [2.24, 2.45) is 0 Å². The van der Waals surface area contributed by atoms with Gasteiger partial charge in [0.1, 0.15) is 0 Å². The van der Waals surface area contributed by atoms with Gasteiger partial charge in [0.2, 0.25) is 0 Å². The van der Waals surface area contributed by atoms with Crippen molar-refractivity contribution in [3.05, 3.63) is 51.2 Å². The number of nitrogen functional groups attached to an aromatic ring is 1. The second-order valence-electron chi connectivity index (χ2n) is 4.11. The molecule has 17 heavy (non-hydrogen) atoms. The van der Waals surface area contributed by atoms with Gasteiger partial charge in [-0.05, 0) is 36.2 Å². The molecule has 2 N–H and O–H groups in total. The molecule has 0 unspecified atom stereocenters. The molecule has 0 atom stereocenters. The third kappa shape index (κ3) is 3.46. The van der Waals surface area contributed by atoms with E-state index in [4.69, 9.17) is 17.3 Å². The van der Waals surface area contributed by atoms with Gasteiger partial charge in [-0.1, -0.05) is 23.7 Å². The van der Waals surface area contributed by atoms with E-state index in [0.717, 1.165) is 13.1 Å². The molecule has 0 saturated heterocycles. The van der Waals surface area contributed by atoms with E-state index in [-0.39, 0.29) is 0 Å². The predicted octanol–water partition coefficient (Wildman–Crippen LogP) is 3.62. The molecule has 0 aliphatic carbocycles. The Bertz CT molecular complexity index is 482. The zero-order chi connectivity index (χ0) is 12.3. The van der Waals surface area contributed by atoms with Crippen molar-refractivity contribution >= 4 is 28.6 Å². The fourth-order valence-corrected chi connectivity index (χ4v) is 2.69. The van der Waals surface area contributed by atoms with E-state index in [1.807, 2.05) is 18.2 Å². The molecular weight excluding hydrogens is 252 g/mol. The van der Waals surface area contributed by atoms with Gasteiger partial charge < -0.3 is 5.73 Å². The Hall–Kier alpha value is -1.03. The first kappa shape index (κ1) is 12.4. The monoisotopic (exact) mass is 266 g/mol. The van der Waals surface area contributed by atoms with Crippen LogP contribution in [0.15, 0.2) is 35.7 Å². The molecule has 0 amide bonds. The summed E-state index contributed by atoms with van der Waals surface area (Å²) >= 11 is 7.78. The van der Waals surface area contributed by atoms with Crippen LogP contribution < -0.4 is 5.73 Å². The van der Waals surface area contributed by atoms with E-state index in [0.29, 0.717) is 10.7 Å². The van der Waals surface area contributed by atoms with Crippen LogP contribution in [0.1, 0.15) is 10.4 Å². The van der Waals surface area contributed by atoms with Gasteiger partial charge in [0.25, 0.3) is 0 Å². The van der Waals surface area contributed by atoms with Gasteiger partial charge in [0.15, 0.2) is 0 Å². The highest BCUT2D eigenvalue weighted by Crippen LogP contribution is 2.21. The molecule has 1 aromatic heterocycles. The largest absolute Gasteiger partial charge is 0.398 e. The van der Waals surface area contributed by atoms with E-state index >= 15 is 0 Å². The maximum absolute atomic E-state index is 6.00. The third-order valence-corrected chi connectivity index (χ3v) is 3.71. The highest BCUT2D eigenvalue weighted by molar-refractivity contribution is 7.09. The molecule has 1 heterocycles. The summed E-state index contributed by atoms with van der Waals surface area (Å²) in [5, 5.41) is 2.73. The number of nitrogens with two attached hydrogens (primary N) is 1. The van der Waals surface area contributed by atoms with Crippen molar-refractivity contribution in [2.45, 2.75) is 13.1 Å². The molecule has 4 heteroatoms. The molecule has 0 aliphatic rings. The van der Waals surface area contributed by atoms with E-state index in [9.17, 15) is 0 Å². The second kappa shape index (κ2) is 5.54. The van der Waals surface area contributed by atoms with Crippen LogP contribution in [0, 0.1) is 0 Å². The van der Waals surface area contributed by atoms with E-state index in [1.165, 1.54) is 10.4 Å². The molecule has 2 nitrogen and oxygen atoms in total. The average molecular weight is 267 g/mol. The number of benzene rings is 1. The minimum absolute atomic E-state index is 0.632. The quantitative estimate of drug-likeness (QED) is 0.857. The Balaban J connectivity index is 1.98. The smallest absolute Gasteiger partial charge is 0.0638 e. The van der Waals surface area contributed by atoms with Crippen molar-refractivity contribution in [3.8, 4) is 0 Å². The Morgan fingerprint density at radius 1 is 1.29 bits per heavy atom. The molecule has 0 radical (unpaired) electrons. The van der Waals surface area contributed by atoms with Crippen LogP contribution in [0.4, 0.5) is 5.69 Å². The van der Waals surface area contributed by atoms with Crippen molar-refractivity contribution in [2.75, 3.05) is 12.8 Å². The molecule has 0 spiro atoms. The first-order chi connectivity index (χ1) is 8.15. The van der Waals surface area contributed by atoms with Gasteiger partial charge in [-0.25, -0.2) is 0 Å². The number of anilines is 1. The lowest BCUT2D eigenvalue weighted by atomic mass is 10.2. The number of halogens is 1. The Kier molecular flexibility index (Phi) is 4.05. The second-order valence-corrected chi connectivity index (χ2v) is 5.55. The number of thiophene rings is 1. The molecule has 2 aromatic rings. The van der Waals surface area contributed by atoms with Crippen LogP contribution in [-0.4, -0.2) is 11.9 Å². The third-order valence-electron chi connectivity index (χ3n) is 2.52. The standard InChI is InChI=1S/C13H15ClN2S/c1-16(9-11-3-2-6-17-11)8-10-4-5-13(15)12(14)7-10/h2-7H,8-9,15H2,1H3. The van der Waals surface area contributed by atoms with Crippen molar-refractivity contribution < 1.29 is 0 Å². The van der Waals surface area contributed by atoms with Gasteiger partial charge in [-0.15, -0.1) is 11.3 Å². The summed E-state index contributed by atoms with van der Waals surface area (Å²) in [5.41, 5.74) is 7.50. The van der Waals surface area contributed by atoms with Crippen LogP contribution in [0.2, 0.25) is 5.02 Å². The normalized spacial score (nSPS) is 11.0. The predicted molar refractivity (Wildman–Crippen MR) is 75.4 cm³/mol. The summed E-state index contributed by atoms with van der Waals surface area (Å²) in [6.45, 7) is 1.83. The van der Waals surface area contributed by atoms with Crippen LogP contribution in [-0.2, 0) is 13.1 Å². The molecule has 90 valence electrons. The molecule has 0 fully saturated rings. The lowest BCUT2D eigenvalue weighted by Crippen LogP contribution is -2.16. The summed E-state index contributed by atoms with van der Waals surface area (Å²) in [7, 11) is 2.10. The van der Waals surface area contributed by atoms with Crippen LogP contribution >= 0.6 is 22.9 Å². The molecule has 2 rings (SSSR count). The zero-order valence-corrected chi connectivity index (χ0v) is 11.3. The van der Waals surface area contributed by atoms with Gasteiger partial charge in [-0.3, -0.25) is 4.90 Å². The van der Waals surface area contributed by atoms with Crippen molar-refractivity contribution in [1.82, 2.24) is 4.90 Å². The van der Waals surface area contributed by atoms with E-state index in [1.54, 1.807) is 11.3 Å². The minimum atomic E-state index is 0.632. The van der Waals surface area contributed by atoms with Gasteiger partial charge in [-0.2, -0.15) is 0 Å². The Morgan fingerprint density at radius 3 is 2.76 bits per heavy atom. The zero-order valence-electron chi connectivity index (χ0n) is 9.69. The number of rotatable bonds is 4. The number of hydrogen-bond acceptors (Lipinski definition) is 3. The maximum Gasteiger partial charge on any atom is 0.0638 e. The number of hydrogen-bond donors (Lipinski definition) is 1. The summed E-state index contributed by atoms with van der Waals surface area (Å²) in [6.07, 6.45) is 0. The topological polar surface area (TPSA) is 29.3 Å². The van der Waals surface area contributed by atoms with Crippen molar-refractivity contribution in [3.63, 3.8) is 0 Å². The highest BCUT2D eigenvalue weighted by atomic mass is 35.5. The number of nitrogens with zero attached hydrogens (tertiary/aromatic N) is 1. The summed E-state index contributed by atoms with van der Waals surface area (Å²) < 4.78 is 0. The summed E-state index contributed by atoms with van der Waals surface area (Å²) in [4.78, 5) is 3.63. The van der Waals surface area contributed by atoms with Gasteiger partial charge >= 0.3 is 0 Å². The first-order valence-electron chi connectivity index (χ1n) is 5.40. The highest BCUT2D eigenvalue weighted by Gasteiger charge is 2.04. The van der Waals surface area contributed by atoms with Crippen LogP contribution in [0.25, 0.3) is 0 Å². The summed E-state index contributed by atoms with van der Waals surface area (Å²) in [6, 6.07) is 10.0. The SMILES string of the molecule is CN(Cc1ccc(N)c(Cl)c1)Cc1cccs1. The van der Waals surface area contributed by atoms with E-state index < -0.39 is 0 Å². The minimum Gasteiger partial charge on any atom is -0.398 e. The molecule has 0 bridgehead atoms. The first-order valence-corrected chi connectivity index (χ1v) is 6.66. The van der Waals surface area contributed by atoms with Gasteiger partial charge in [0, 0.05) is 18.0 Å². The fraction of sp³-hybridized carbons (Fsp3) is 0.231. The fourth-order valence-electron chi connectivity index (χ4n) is 1.71. The average Bonchev–Trinajstić information content (AvgIpc) is 2.76. The van der Waals surface area contributed by atoms with Crippen LogP contribution in [0.5, 0.6) is 0 Å². The van der Waals surface area contributed by atoms with E-state index in [2.05, 4.69) is 29.5 Å². The van der Waals surface area contributed by atoms with Gasteiger partial charge in [0.05, 0.1) is 10.7 Å². The molecule has 0 aliphatic heterocycles. The lowest BCUT2D eigenvalue weighted by Gasteiger charge is -2.16. The molecule has 1 aromatic carbocycles. The summed E-state index contributed by atoms with van der Waals surface area (Å²) in [5.74, 6) is 0. The van der Waals surface area contributed by atoms with Crippen molar-refractivity contribution in [1.29, 1.82) is 0 Å². The Labute approximate surface area is 111 Å². The lowest BCUT2D eigenvalue weighted by molar-refractivity contribution is 0.322. The molecule has 0 saturated carbocycles. The van der Waals surface area contributed by atoms with Crippen LogP contribution in [0.3, 0.4) is 0 Å².